The molecule has 70 heavy (non-hydrogen) atoms. The van der Waals surface area contributed by atoms with Gasteiger partial charge in [0.15, 0.2) is 0 Å². The van der Waals surface area contributed by atoms with Crippen molar-refractivity contribution in [3.63, 3.8) is 0 Å². The van der Waals surface area contributed by atoms with E-state index in [9.17, 15) is 0 Å². The standard InChI is InChI=1S/C66H46F2N2/c67-65-45-61(69(57-33-25-51(26-34-57)47-13-5-1-6-14-47)58-35-27-52(28-36-58)48-15-7-2-8-16-48)41-43-63(65)55-21-23-56(24-22-55)64-44-42-62(46-66(64)68)70(59-37-29-53(30-38-59)49-17-9-3-10-18-49)60-39-31-54(32-40-60)50-19-11-4-12-20-50/h1-46H. The molecule has 4 heteroatoms. The molecule has 334 valence electrons. The first-order chi connectivity index (χ1) is 34.5. The van der Waals surface area contributed by atoms with Gasteiger partial charge in [-0.05, 0) is 141 Å². The Hall–Kier alpha value is -9.12. The molecule has 11 aromatic rings. The predicted octanol–water partition coefficient (Wildman–Crippen LogP) is 18.9. The summed E-state index contributed by atoms with van der Waals surface area (Å²) in [4.78, 5) is 4.15. The van der Waals surface area contributed by atoms with E-state index in [1.54, 1.807) is 12.1 Å². The highest BCUT2D eigenvalue weighted by molar-refractivity contribution is 5.84. The highest BCUT2D eigenvalue weighted by Crippen LogP contribution is 2.41. The first kappa shape index (κ1) is 43.5. The van der Waals surface area contributed by atoms with E-state index in [0.717, 1.165) is 67.3 Å². The number of nitrogens with zero attached hydrogens (tertiary/aromatic N) is 2. The third kappa shape index (κ3) is 9.14. The SMILES string of the molecule is Fc1cc(N(c2ccc(-c3ccccc3)cc2)c2ccc(-c3ccccc3)cc2)ccc1-c1ccc(-c2ccc(N(c3ccc(-c4ccccc4)cc3)c3ccc(-c4ccccc4)cc3)cc2F)cc1. The molecule has 2 nitrogen and oxygen atoms in total. The molecule has 0 amide bonds. The van der Waals surface area contributed by atoms with Gasteiger partial charge >= 0.3 is 0 Å². The molecule has 0 spiro atoms. The summed E-state index contributed by atoms with van der Waals surface area (Å²) < 4.78 is 33.0. The summed E-state index contributed by atoms with van der Waals surface area (Å²) in [5.41, 5.74) is 16.2. The molecule has 0 unspecified atom stereocenters. The summed E-state index contributed by atoms with van der Waals surface area (Å²) in [6.07, 6.45) is 0. The summed E-state index contributed by atoms with van der Waals surface area (Å²) in [6.45, 7) is 0. The minimum atomic E-state index is -0.360. The van der Waals surface area contributed by atoms with Crippen LogP contribution in [-0.2, 0) is 0 Å². The van der Waals surface area contributed by atoms with Gasteiger partial charge < -0.3 is 9.80 Å². The monoisotopic (exact) mass is 904 g/mol. The second-order valence-electron chi connectivity index (χ2n) is 17.2. The summed E-state index contributed by atoms with van der Waals surface area (Å²) in [5.74, 6) is -0.720. The lowest BCUT2D eigenvalue weighted by atomic mass is 9.98. The van der Waals surface area contributed by atoms with Gasteiger partial charge in [-0.3, -0.25) is 0 Å². The maximum atomic E-state index is 16.5. The lowest BCUT2D eigenvalue weighted by Gasteiger charge is -2.26. The first-order valence-electron chi connectivity index (χ1n) is 23.4. The average Bonchev–Trinajstić information content (AvgIpc) is 3.43. The Bertz CT molecular complexity index is 3090. The largest absolute Gasteiger partial charge is 0.310 e. The van der Waals surface area contributed by atoms with Gasteiger partial charge in [-0.1, -0.05) is 194 Å². The van der Waals surface area contributed by atoms with Crippen LogP contribution in [-0.4, -0.2) is 0 Å². The Morgan fingerprint density at radius 3 is 0.614 bits per heavy atom. The third-order valence-electron chi connectivity index (χ3n) is 12.9. The molecule has 0 aliphatic heterocycles. The van der Waals surface area contributed by atoms with Gasteiger partial charge in [-0.2, -0.15) is 0 Å². The summed E-state index contributed by atoms with van der Waals surface area (Å²) in [7, 11) is 0. The lowest BCUT2D eigenvalue weighted by molar-refractivity contribution is 0.630. The fraction of sp³-hybridized carbons (Fsp3) is 0. The van der Waals surface area contributed by atoms with Gasteiger partial charge in [0.05, 0.1) is 0 Å². The number of hydrogen-bond acceptors (Lipinski definition) is 2. The molecule has 11 aromatic carbocycles. The van der Waals surface area contributed by atoms with Gasteiger partial charge in [0.2, 0.25) is 0 Å². The smallest absolute Gasteiger partial charge is 0.133 e. The Morgan fingerprint density at radius 1 is 0.186 bits per heavy atom. The van der Waals surface area contributed by atoms with Gasteiger partial charge in [0, 0.05) is 45.3 Å². The minimum absolute atomic E-state index is 0.360. The quantitative estimate of drug-likeness (QED) is 0.121. The van der Waals surface area contributed by atoms with Crippen LogP contribution in [0.4, 0.5) is 42.9 Å². The highest BCUT2D eigenvalue weighted by atomic mass is 19.1. The molecule has 0 fully saturated rings. The first-order valence-corrected chi connectivity index (χ1v) is 23.4. The molecule has 0 heterocycles. The van der Waals surface area contributed by atoms with Crippen LogP contribution in [0.1, 0.15) is 0 Å². The molecule has 0 aliphatic rings. The van der Waals surface area contributed by atoms with Crippen molar-refractivity contribution >= 4 is 34.1 Å². The summed E-state index contributed by atoms with van der Waals surface area (Å²) in [6, 6.07) is 92.7. The molecule has 0 aromatic heterocycles. The van der Waals surface area contributed by atoms with Crippen molar-refractivity contribution in [2.24, 2.45) is 0 Å². The van der Waals surface area contributed by atoms with Crippen LogP contribution >= 0.6 is 0 Å². The van der Waals surface area contributed by atoms with Crippen molar-refractivity contribution in [1.29, 1.82) is 0 Å². The van der Waals surface area contributed by atoms with E-state index in [0.29, 0.717) is 33.6 Å². The fourth-order valence-corrected chi connectivity index (χ4v) is 9.21. The number of anilines is 6. The van der Waals surface area contributed by atoms with Crippen LogP contribution in [0.15, 0.2) is 279 Å². The molecule has 0 saturated carbocycles. The second kappa shape index (κ2) is 19.6. The van der Waals surface area contributed by atoms with Crippen LogP contribution in [0.5, 0.6) is 0 Å². The maximum absolute atomic E-state index is 16.5. The van der Waals surface area contributed by atoms with Gasteiger partial charge in [-0.25, -0.2) is 8.78 Å². The number of halogens is 2. The second-order valence-corrected chi connectivity index (χ2v) is 17.2. The van der Waals surface area contributed by atoms with Crippen LogP contribution < -0.4 is 9.80 Å². The molecule has 0 saturated heterocycles. The van der Waals surface area contributed by atoms with E-state index in [4.69, 9.17) is 0 Å². The lowest BCUT2D eigenvalue weighted by Crippen LogP contribution is -2.10. The molecule has 0 bridgehead atoms. The number of rotatable bonds is 12. The Morgan fingerprint density at radius 2 is 0.386 bits per heavy atom. The molecule has 11 rings (SSSR count). The van der Waals surface area contributed by atoms with Crippen LogP contribution in [0, 0.1) is 11.6 Å². The summed E-state index contributed by atoms with van der Waals surface area (Å²) in [5, 5.41) is 0. The average molecular weight is 905 g/mol. The van der Waals surface area contributed by atoms with Gasteiger partial charge in [-0.15, -0.1) is 0 Å². The van der Waals surface area contributed by atoms with Gasteiger partial charge in [0.25, 0.3) is 0 Å². The van der Waals surface area contributed by atoms with Gasteiger partial charge in [0.1, 0.15) is 11.6 Å². The normalized spacial score (nSPS) is 11.0. The van der Waals surface area contributed by atoms with Crippen molar-refractivity contribution in [3.8, 4) is 66.8 Å². The number of hydrogen-bond donors (Lipinski definition) is 0. The van der Waals surface area contributed by atoms with Crippen LogP contribution in [0.2, 0.25) is 0 Å². The van der Waals surface area contributed by atoms with E-state index < -0.39 is 0 Å². The number of benzene rings is 11. The van der Waals surface area contributed by atoms with E-state index in [2.05, 4.69) is 155 Å². The zero-order valence-electron chi connectivity index (χ0n) is 38.2. The summed E-state index contributed by atoms with van der Waals surface area (Å²) >= 11 is 0. The maximum Gasteiger partial charge on any atom is 0.133 e. The predicted molar refractivity (Wildman–Crippen MR) is 288 cm³/mol. The van der Waals surface area contributed by atoms with Crippen molar-refractivity contribution in [2.75, 3.05) is 9.80 Å². The van der Waals surface area contributed by atoms with Crippen LogP contribution in [0.25, 0.3) is 66.8 Å². The molecule has 0 aliphatic carbocycles. The highest BCUT2D eigenvalue weighted by Gasteiger charge is 2.19. The molecule has 0 N–H and O–H groups in total. The fourth-order valence-electron chi connectivity index (χ4n) is 9.21. The van der Waals surface area contributed by atoms with Crippen molar-refractivity contribution in [2.45, 2.75) is 0 Å². The zero-order valence-corrected chi connectivity index (χ0v) is 38.2. The Labute approximate surface area is 408 Å². The molecular formula is C66H46F2N2. The van der Waals surface area contributed by atoms with Crippen molar-refractivity contribution in [1.82, 2.24) is 0 Å². The molecule has 0 atom stereocenters. The molecule has 0 radical (unpaired) electrons. The Kier molecular flexibility index (Phi) is 12.2. The topological polar surface area (TPSA) is 6.48 Å². The zero-order chi connectivity index (χ0) is 47.2. The minimum Gasteiger partial charge on any atom is -0.310 e. The Balaban J connectivity index is 0.880. The van der Waals surface area contributed by atoms with E-state index in [1.165, 1.54) is 0 Å². The van der Waals surface area contributed by atoms with Crippen molar-refractivity contribution < 1.29 is 8.78 Å². The van der Waals surface area contributed by atoms with E-state index >= 15 is 8.78 Å². The van der Waals surface area contributed by atoms with E-state index in [1.807, 2.05) is 121 Å². The van der Waals surface area contributed by atoms with Crippen LogP contribution in [0.3, 0.4) is 0 Å². The third-order valence-corrected chi connectivity index (χ3v) is 12.9. The van der Waals surface area contributed by atoms with Crippen molar-refractivity contribution in [3.05, 3.63) is 291 Å². The van der Waals surface area contributed by atoms with E-state index in [-0.39, 0.29) is 11.6 Å². The molecular weight excluding hydrogens is 859 g/mol.